The van der Waals surface area contributed by atoms with Gasteiger partial charge in [-0.25, -0.2) is 4.79 Å². The summed E-state index contributed by atoms with van der Waals surface area (Å²) >= 11 is 0. The molecule has 0 bridgehead atoms. The van der Waals surface area contributed by atoms with Gasteiger partial charge in [0, 0.05) is 18.0 Å². The number of hydrogen-bond acceptors (Lipinski definition) is 4. The Morgan fingerprint density at radius 3 is 2.70 bits per heavy atom. The van der Waals surface area contributed by atoms with Crippen LogP contribution >= 0.6 is 17.0 Å². The maximum absolute atomic E-state index is 11.3. The number of unbranched alkanes of at least 4 members (excludes halogenated alkanes) is 2. The summed E-state index contributed by atoms with van der Waals surface area (Å²) in [6.45, 7) is 3.55. The van der Waals surface area contributed by atoms with Crippen LogP contribution in [-0.4, -0.2) is 11.7 Å². The molecular weight excluding hydrogens is 322 g/mol. The molecule has 0 amide bonds. The van der Waals surface area contributed by atoms with E-state index in [0.29, 0.717) is 17.7 Å². The summed E-state index contributed by atoms with van der Waals surface area (Å²) in [5, 5.41) is 14.0. The molecule has 110 valence electrons. The minimum absolute atomic E-state index is 0. The molecule has 0 aliphatic carbocycles. The lowest BCUT2D eigenvalue weighted by atomic mass is 10.1. The van der Waals surface area contributed by atoms with E-state index in [-0.39, 0.29) is 22.7 Å². The smallest absolute Gasteiger partial charge is 0.336 e. The molecule has 1 aromatic heterocycles. The van der Waals surface area contributed by atoms with Crippen molar-refractivity contribution in [1.29, 1.82) is 0 Å². The fourth-order valence-electron chi connectivity index (χ4n) is 2.06. The predicted octanol–water partition coefficient (Wildman–Crippen LogP) is 3.36. The maximum Gasteiger partial charge on any atom is 0.336 e. The largest absolute Gasteiger partial charge is 0.507 e. The van der Waals surface area contributed by atoms with E-state index < -0.39 is 5.63 Å². The number of benzene rings is 1. The average molecular weight is 342 g/mol. The highest BCUT2D eigenvalue weighted by atomic mass is 79.9. The first-order valence-electron chi connectivity index (χ1n) is 6.68. The van der Waals surface area contributed by atoms with Crippen LogP contribution in [0.2, 0.25) is 0 Å². The van der Waals surface area contributed by atoms with Crippen LogP contribution in [0.5, 0.6) is 5.75 Å². The van der Waals surface area contributed by atoms with Crippen molar-refractivity contribution in [1.82, 2.24) is 5.32 Å². The lowest BCUT2D eigenvalue weighted by Crippen LogP contribution is -2.15. The van der Waals surface area contributed by atoms with Gasteiger partial charge in [-0.2, -0.15) is 0 Å². The maximum atomic E-state index is 11.3. The molecule has 0 saturated carbocycles. The first-order valence-corrected chi connectivity index (χ1v) is 6.68. The molecule has 0 spiro atoms. The summed E-state index contributed by atoms with van der Waals surface area (Å²) in [5.74, 6) is 0.157. The molecule has 20 heavy (non-hydrogen) atoms. The molecule has 1 heterocycles. The third-order valence-electron chi connectivity index (χ3n) is 3.13. The van der Waals surface area contributed by atoms with Gasteiger partial charge in [-0.05, 0) is 31.2 Å². The van der Waals surface area contributed by atoms with Crippen LogP contribution in [0.4, 0.5) is 0 Å². The first kappa shape index (κ1) is 16.7. The Morgan fingerprint density at radius 2 is 1.95 bits per heavy atom. The van der Waals surface area contributed by atoms with Crippen LogP contribution in [0.1, 0.15) is 31.7 Å². The van der Waals surface area contributed by atoms with Gasteiger partial charge in [0.15, 0.2) is 0 Å². The first-order chi connectivity index (χ1) is 9.22. The van der Waals surface area contributed by atoms with Crippen LogP contribution in [0.25, 0.3) is 11.0 Å². The van der Waals surface area contributed by atoms with E-state index in [2.05, 4.69) is 12.2 Å². The number of nitrogens with one attached hydrogen (secondary N) is 1. The molecule has 0 saturated heterocycles. The predicted molar refractivity (Wildman–Crippen MR) is 85.7 cm³/mol. The third kappa shape index (κ3) is 4.08. The molecule has 0 radical (unpaired) electrons. The monoisotopic (exact) mass is 341 g/mol. The van der Waals surface area contributed by atoms with Gasteiger partial charge in [0.1, 0.15) is 11.3 Å². The Hall–Kier alpha value is -1.33. The summed E-state index contributed by atoms with van der Waals surface area (Å²) in [5.41, 5.74) is 0.715. The third-order valence-corrected chi connectivity index (χ3v) is 3.13. The zero-order chi connectivity index (χ0) is 13.7. The minimum atomic E-state index is -0.398. The van der Waals surface area contributed by atoms with E-state index in [4.69, 9.17) is 4.42 Å². The zero-order valence-electron chi connectivity index (χ0n) is 11.5. The molecule has 0 aliphatic heterocycles. The fraction of sp³-hybridized carbons (Fsp3) is 0.400. The van der Waals surface area contributed by atoms with Gasteiger partial charge in [0.2, 0.25) is 0 Å². The van der Waals surface area contributed by atoms with E-state index in [1.54, 1.807) is 18.2 Å². The van der Waals surface area contributed by atoms with Crippen molar-refractivity contribution in [3.8, 4) is 5.75 Å². The van der Waals surface area contributed by atoms with Crippen LogP contribution in [0.3, 0.4) is 0 Å². The summed E-state index contributed by atoms with van der Waals surface area (Å²) in [4.78, 5) is 11.3. The van der Waals surface area contributed by atoms with Gasteiger partial charge in [0.25, 0.3) is 0 Å². The van der Waals surface area contributed by atoms with E-state index in [1.807, 2.05) is 0 Å². The van der Waals surface area contributed by atoms with Gasteiger partial charge >= 0.3 is 5.63 Å². The van der Waals surface area contributed by atoms with Crippen molar-refractivity contribution in [2.75, 3.05) is 6.54 Å². The van der Waals surface area contributed by atoms with Gasteiger partial charge in [-0.15, -0.1) is 17.0 Å². The van der Waals surface area contributed by atoms with E-state index in [9.17, 15) is 9.90 Å². The van der Waals surface area contributed by atoms with Crippen molar-refractivity contribution >= 4 is 28.0 Å². The number of phenolic OH excluding ortho intramolecular Hbond substituents is 1. The standard InChI is InChI=1S/C15H19NO3.BrH/c1-2-3-4-9-16-10-12-13(17)7-5-11-6-8-14(18)19-15(11)12;/h5-8,16-17H,2-4,9-10H2,1H3;1H. The quantitative estimate of drug-likeness (QED) is 0.624. The normalized spacial score (nSPS) is 10.4. The number of phenols is 1. The van der Waals surface area contributed by atoms with Crippen molar-refractivity contribution in [3.63, 3.8) is 0 Å². The summed E-state index contributed by atoms with van der Waals surface area (Å²) in [6, 6.07) is 6.47. The number of fused-ring (bicyclic) bond motifs is 1. The van der Waals surface area contributed by atoms with E-state index >= 15 is 0 Å². The van der Waals surface area contributed by atoms with Gasteiger partial charge < -0.3 is 14.8 Å². The number of halogens is 1. The number of rotatable bonds is 6. The summed E-state index contributed by atoms with van der Waals surface area (Å²) in [7, 11) is 0. The second kappa shape index (κ2) is 8.07. The van der Waals surface area contributed by atoms with Crippen LogP contribution < -0.4 is 10.9 Å². The fourth-order valence-corrected chi connectivity index (χ4v) is 2.06. The summed E-state index contributed by atoms with van der Waals surface area (Å²) in [6.07, 6.45) is 3.46. The Kier molecular flexibility index (Phi) is 6.75. The molecule has 0 fully saturated rings. The lowest BCUT2D eigenvalue weighted by molar-refractivity contribution is 0.460. The molecule has 1 aromatic carbocycles. The highest BCUT2D eigenvalue weighted by molar-refractivity contribution is 8.93. The van der Waals surface area contributed by atoms with Crippen molar-refractivity contribution in [2.24, 2.45) is 0 Å². The second-order valence-electron chi connectivity index (χ2n) is 4.62. The number of hydrogen-bond donors (Lipinski definition) is 2. The van der Waals surface area contributed by atoms with Crippen molar-refractivity contribution < 1.29 is 9.52 Å². The van der Waals surface area contributed by atoms with Crippen LogP contribution in [0.15, 0.2) is 33.5 Å². The summed E-state index contributed by atoms with van der Waals surface area (Å²) < 4.78 is 5.20. The SMILES string of the molecule is Br.CCCCCNCc1c(O)ccc2ccc(=O)oc12. The topological polar surface area (TPSA) is 62.5 Å². The zero-order valence-corrected chi connectivity index (χ0v) is 13.2. The molecule has 2 aromatic rings. The average Bonchev–Trinajstić information content (AvgIpc) is 2.40. The minimum Gasteiger partial charge on any atom is -0.507 e. The van der Waals surface area contributed by atoms with Crippen molar-refractivity contribution in [2.45, 2.75) is 32.7 Å². The molecule has 0 atom stereocenters. The Balaban J connectivity index is 0.00000200. The molecule has 4 nitrogen and oxygen atoms in total. The highest BCUT2D eigenvalue weighted by Gasteiger charge is 2.09. The molecule has 5 heteroatoms. The molecular formula is C15H20BrNO3. The van der Waals surface area contributed by atoms with Gasteiger partial charge in [-0.1, -0.05) is 19.8 Å². The van der Waals surface area contributed by atoms with Crippen molar-refractivity contribution in [3.05, 3.63) is 40.2 Å². The molecule has 0 aliphatic rings. The van der Waals surface area contributed by atoms with E-state index in [0.717, 1.165) is 18.4 Å². The van der Waals surface area contributed by atoms with Gasteiger partial charge in [0.05, 0.1) is 5.56 Å². The van der Waals surface area contributed by atoms with E-state index in [1.165, 1.54) is 18.9 Å². The Bertz CT molecular complexity index is 610. The number of aromatic hydroxyl groups is 1. The Labute approximate surface area is 128 Å². The van der Waals surface area contributed by atoms with Gasteiger partial charge in [-0.3, -0.25) is 0 Å². The van der Waals surface area contributed by atoms with Crippen LogP contribution in [-0.2, 0) is 6.54 Å². The second-order valence-corrected chi connectivity index (χ2v) is 4.62. The molecule has 0 unspecified atom stereocenters. The van der Waals surface area contributed by atoms with Crippen LogP contribution in [0, 0.1) is 0 Å². The lowest BCUT2D eigenvalue weighted by Gasteiger charge is -2.08. The molecule has 2 N–H and O–H groups in total. The highest BCUT2D eigenvalue weighted by Crippen LogP contribution is 2.25. The Morgan fingerprint density at radius 1 is 1.20 bits per heavy atom. The molecule has 2 rings (SSSR count).